The molecular formula is C25H27ClN2O3S. The summed E-state index contributed by atoms with van der Waals surface area (Å²) in [6.45, 7) is 5.71. The van der Waals surface area contributed by atoms with Crippen LogP contribution < -0.4 is 5.32 Å². The summed E-state index contributed by atoms with van der Waals surface area (Å²) < 4.78 is 27.9. The van der Waals surface area contributed by atoms with E-state index < -0.39 is 15.9 Å². The zero-order valence-electron chi connectivity index (χ0n) is 18.4. The molecule has 0 spiro atoms. The highest BCUT2D eigenvalue weighted by Gasteiger charge is 2.27. The van der Waals surface area contributed by atoms with Crippen molar-refractivity contribution in [3.8, 4) is 0 Å². The molecule has 0 aromatic heterocycles. The average Bonchev–Trinajstić information content (AvgIpc) is 2.75. The minimum absolute atomic E-state index is 0.0183. The molecule has 3 aromatic rings. The highest BCUT2D eigenvalue weighted by Crippen LogP contribution is 2.23. The first-order chi connectivity index (χ1) is 15.2. The number of hydrogen-bond acceptors (Lipinski definition) is 3. The number of halogens is 1. The molecular weight excluding hydrogens is 444 g/mol. The lowest BCUT2D eigenvalue weighted by Gasteiger charge is -2.22. The van der Waals surface area contributed by atoms with Crippen molar-refractivity contribution in [1.82, 2.24) is 4.31 Å². The average molecular weight is 471 g/mol. The van der Waals surface area contributed by atoms with Gasteiger partial charge in [-0.2, -0.15) is 4.31 Å². The van der Waals surface area contributed by atoms with Crippen LogP contribution in [-0.2, 0) is 21.4 Å². The van der Waals surface area contributed by atoms with E-state index in [2.05, 4.69) is 19.2 Å². The second-order valence-electron chi connectivity index (χ2n) is 8.00. The molecule has 168 valence electrons. The second kappa shape index (κ2) is 10.3. The van der Waals surface area contributed by atoms with Crippen LogP contribution in [0.3, 0.4) is 0 Å². The van der Waals surface area contributed by atoms with Gasteiger partial charge in [-0.05, 0) is 54.3 Å². The van der Waals surface area contributed by atoms with Crippen LogP contribution in [-0.4, -0.2) is 25.2 Å². The fourth-order valence-electron chi connectivity index (χ4n) is 3.21. The van der Waals surface area contributed by atoms with Gasteiger partial charge in [-0.25, -0.2) is 8.42 Å². The maximum absolute atomic E-state index is 13.4. The van der Waals surface area contributed by atoms with E-state index in [0.29, 0.717) is 22.2 Å². The molecule has 0 saturated carbocycles. The molecule has 0 atom stereocenters. The molecule has 0 heterocycles. The lowest BCUT2D eigenvalue weighted by atomic mass is 10.0. The largest absolute Gasteiger partial charge is 0.325 e. The van der Waals surface area contributed by atoms with Gasteiger partial charge in [-0.3, -0.25) is 4.79 Å². The third-order valence-electron chi connectivity index (χ3n) is 5.14. The van der Waals surface area contributed by atoms with Crippen molar-refractivity contribution >= 4 is 33.2 Å². The van der Waals surface area contributed by atoms with Crippen LogP contribution in [0.15, 0.2) is 77.7 Å². The molecule has 0 bridgehead atoms. The number of amides is 1. The van der Waals surface area contributed by atoms with Gasteiger partial charge in [0.2, 0.25) is 15.9 Å². The molecule has 0 unspecified atom stereocenters. The molecule has 0 aliphatic carbocycles. The normalized spacial score (nSPS) is 11.7. The van der Waals surface area contributed by atoms with E-state index in [1.807, 2.05) is 31.2 Å². The summed E-state index contributed by atoms with van der Waals surface area (Å²) >= 11 is 6.27. The molecule has 5 nitrogen and oxygen atoms in total. The van der Waals surface area contributed by atoms with Gasteiger partial charge >= 0.3 is 0 Å². The molecule has 0 saturated heterocycles. The van der Waals surface area contributed by atoms with Crippen LogP contribution in [0, 0.1) is 6.92 Å². The Kier molecular flexibility index (Phi) is 7.72. The summed E-state index contributed by atoms with van der Waals surface area (Å²) in [5.74, 6) is -0.0458. The maximum atomic E-state index is 13.4. The van der Waals surface area contributed by atoms with E-state index in [-0.39, 0.29) is 18.0 Å². The minimum atomic E-state index is -3.92. The predicted molar refractivity (Wildman–Crippen MR) is 129 cm³/mol. The maximum Gasteiger partial charge on any atom is 0.243 e. The summed E-state index contributed by atoms with van der Waals surface area (Å²) in [5.41, 5.74) is 3.35. The van der Waals surface area contributed by atoms with Gasteiger partial charge in [0, 0.05) is 17.3 Å². The van der Waals surface area contributed by atoms with E-state index >= 15 is 0 Å². The van der Waals surface area contributed by atoms with Crippen LogP contribution in [0.25, 0.3) is 0 Å². The fraction of sp³-hybridized carbons (Fsp3) is 0.240. The Balaban J connectivity index is 1.85. The third kappa shape index (κ3) is 5.97. The van der Waals surface area contributed by atoms with Crippen molar-refractivity contribution < 1.29 is 13.2 Å². The summed E-state index contributed by atoms with van der Waals surface area (Å²) in [6.07, 6.45) is 0. The Hall–Kier alpha value is -2.67. The highest BCUT2D eigenvalue weighted by atomic mass is 35.5. The van der Waals surface area contributed by atoms with Gasteiger partial charge in [0.1, 0.15) is 0 Å². The number of anilines is 1. The smallest absolute Gasteiger partial charge is 0.243 e. The fourth-order valence-corrected chi connectivity index (χ4v) is 4.78. The van der Waals surface area contributed by atoms with Gasteiger partial charge in [0.05, 0.1) is 11.4 Å². The number of sulfonamides is 1. The molecule has 3 aromatic carbocycles. The van der Waals surface area contributed by atoms with Gasteiger partial charge in [0.25, 0.3) is 0 Å². The van der Waals surface area contributed by atoms with Crippen molar-refractivity contribution in [3.63, 3.8) is 0 Å². The standard InChI is InChI=1S/C25H27ClN2O3S/c1-18(2)20-10-12-22(13-11-20)27-25(29)17-28(16-21-6-4-5-7-24(21)26)32(30,31)23-14-8-19(3)9-15-23/h4-15,18H,16-17H2,1-3H3,(H,27,29). The molecule has 3 rings (SSSR count). The van der Waals surface area contributed by atoms with Crippen LogP contribution >= 0.6 is 11.6 Å². The molecule has 0 aliphatic rings. The summed E-state index contributed by atoms with van der Waals surface area (Å²) in [4.78, 5) is 12.9. The number of aryl methyl sites for hydroxylation is 1. The number of nitrogens with zero attached hydrogens (tertiary/aromatic N) is 1. The Morgan fingerprint density at radius 3 is 2.19 bits per heavy atom. The van der Waals surface area contributed by atoms with Crippen LogP contribution in [0.5, 0.6) is 0 Å². The second-order valence-corrected chi connectivity index (χ2v) is 10.3. The van der Waals surface area contributed by atoms with Crippen molar-refractivity contribution in [2.75, 3.05) is 11.9 Å². The van der Waals surface area contributed by atoms with Gasteiger partial charge in [0.15, 0.2) is 0 Å². The third-order valence-corrected chi connectivity index (χ3v) is 7.32. The Labute approximate surface area is 195 Å². The van der Waals surface area contributed by atoms with Gasteiger partial charge in [-0.15, -0.1) is 0 Å². The zero-order valence-corrected chi connectivity index (χ0v) is 20.0. The minimum Gasteiger partial charge on any atom is -0.325 e. The van der Waals surface area contributed by atoms with Gasteiger partial charge in [-0.1, -0.05) is 73.5 Å². The first-order valence-electron chi connectivity index (χ1n) is 10.4. The van der Waals surface area contributed by atoms with Crippen LogP contribution in [0.2, 0.25) is 5.02 Å². The molecule has 1 amide bonds. The topological polar surface area (TPSA) is 66.5 Å². The SMILES string of the molecule is Cc1ccc(S(=O)(=O)N(CC(=O)Nc2ccc(C(C)C)cc2)Cc2ccccc2Cl)cc1. The highest BCUT2D eigenvalue weighted by molar-refractivity contribution is 7.89. The number of hydrogen-bond donors (Lipinski definition) is 1. The Bertz CT molecular complexity index is 1170. The number of benzene rings is 3. The van der Waals surface area contributed by atoms with E-state index in [9.17, 15) is 13.2 Å². The first-order valence-corrected chi connectivity index (χ1v) is 12.2. The molecule has 0 radical (unpaired) electrons. The first kappa shape index (κ1) is 24.0. The lowest BCUT2D eigenvalue weighted by Crippen LogP contribution is -2.37. The molecule has 7 heteroatoms. The molecule has 0 aliphatic heterocycles. The Morgan fingerprint density at radius 1 is 0.969 bits per heavy atom. The lowest BCUT2D eigenvalue weighted by molar-refractivity contribution is -0.116. The predicted octanol–water partition coefficient (Wildman–Crippen LogP) is 5.60. The number of nitrogens with one attached hydrogen (secondary N) is 1. The monoisotopic (exact) mass is 470 g/mol. The van der Waals surface area contributed by atoms with E-state index in [0.717, 1.165) is 15.4 Å². The van der Waals surface area contributed by atoms with E-state index in [1.54, 1.807) is 48.5 Å². The van der Waals surface area contributed by atoms with Crippen LogP contribution in [0.4, 0.5) is 5.69 Å². The van der Waals surface area contributed by atoms with Crippen molar-refractivity contribution in [3.05, 3.63) is 94.5 Å². The van der Waals surface area contributed by atoms with Crippen molar-refractivity contribution in [2.45, 2.75) is 38.1 Å². The van der Waals surface area contributed by atoms with E-state index in [1.165, 1.54) is 0 Å². The zero-order chi connectivity index (χ0) is 23.3. The molecule has 0 fully saturated rings. The quantitative estimate of drug-likeness (QED) is 0.465. The summed E-state index contributed by atoms with van der Waals surface area (Å²) in [6, 6.07) is 21.1. The summed E-state index contributed by atoms with van der Waals surface area (Å²) in [5, 5.41) is 3.24. The van der Waals surface area contributed by atoms with Crippen molar-refractivity contribution in [1.29, 1.82) is 0 Å². The number of carbonyl (C=O) groups is 1. The Morgan fingerprint density at radius 2 is 1.59 bits per heavy atom. The van der Waals surface area contributed by atoms with Gasteiger partial charge < -0.3 is 5.32 Å². The molecule has 1 N–H and O–H groups in total. The molecule has 32 heavy (non-hydrogen) atoms. The van der Waals surface area contributed by atoms with Crippen LogP contribution in [0.1, 0.15) is 36.5 Å². The van der Waals surface area contributed by atoms with Crippen molar-refractivity contribution in [2.24, 2.45) is 0 Å². The summed E-state index contributed by atoms with van der Waals surface area (Å²) in [7, 11) is -3.92. The van der Waals surface area contributed by atoms with E-state index in [4.69, 9.17) is 11.6 Å². The number of carbonyl (C=O) groups excluding carboxylic acids is 1. The number of rotatable bonds is 8.